The van der Waals surface area contributed by atoms with Gasteiger partial charge in [0.1, 0.15) is 12.5 Å². The van der Waals surface area contributed by atoms with Crippen molar-refractivity contribution >= 4 is 35.0 Å². The number of rotatable bonds is 2. The van der Waals surface area contributed by atoms with Gasteiger partial charge in [-0.2, -0.15) is 0 Å². The molecule has 4 nitrogen and oxygen atoms in total. The molecule has 1 atom stereocenters. The second kappa shape index (κ2) is 6.32. The second-order valence-electron chi connectivity index (χ2n) is 4.62. The van der Waals surface area contributed by atoms with Crippen LogP contribution < -0.4 is 0 Å². The van der Waals surface area contributed by atoms with Gasteiger partial charge in [0.15, 0.2) is 0 Å². The SMILES string of the molecule is C#CCN1C(=O)C(c2c(Cl)cc(C#CC)cc2Cl)C(=O)N1C. The van der Waals surface area contributed by atoms with E-state index in [1.54, 1.807) is 19.1 Å². The van der Waals surface area contributed by atoms with Gasteiger partial charge in [0, 0.05) is 28.2 Å². The summed E-state index contributed by atoms with van der Waals surface area (Å²) in [5.41, 5.74) is 0.902. The highest BCUT2D eigenvalue weighted by atomic mass is 35.5. The zero-order chi connectivity index (χ0) is 16.4. The van der Waals surface area contributed by atoms with E-state index in [-0.39, 0.29) is 22.2 Å². The molecule has 1 aromatic carbocycles. The molecule has 1 aliphatic heterocycles. The van der Waals surface area contributed by atoms with Crippen molar-refractivity contribution in [3.05, 3.63) is 33.3 Å². The summed E-state index contributed by atoms with van der Waals surface area (Å²) >= 11 is 12.4. The molecule has 22 heavy (non-hydrogen) atoms. The summed E-state index contributed by atoms with van der Waals surface area (Å²) in [6.45, 7) is 1.69. The van der Waals surface area contributed by atoms with Crippen molar-refractivity contribution in [2.24, 2.45) is 0 Å². The topological polar surface area (TPSA) is 40.6 Å². The maximum atomic E-state index is 12.5. The number of likely N-dealkylation sites (N-methyl/N-ethyl adjacent to an activating group) is 1. The zero-order valence-corrected chi connectivity index (χ0v) is 13.5. The van der Waals surface area contributed by atoms with E-state index in [1.807, 2.05) is 0 Å². The van der Waals surface area contributed by atoms with Crippen LogP contribution >= 0.6 is 23.2 Å². The molecule has 2 rings (SSSR count). The summed E-state index contributed by atoms with van der Waals surface area (Å²) in [5, 5.41) is 2.85. The van der Waals surface area contributed by atoms with Crippen molar-refractivity contribution in [1.29, 1.82) is 0 Å². The number of hydrogen-bond acceptors (Lipinski definition) is 2. The highest BCUT2D eigenvalue weighted by molar-refractivity contribution is 6.37. The molecule has 1 aliphatic rings. The minimum absolute atomic E-state index is 0.00616. The first-order valence-corrected chi connectivity index (χ1v) is 7.12. The molecule has 0 saturated carbocycles. The van der Waals surface area contributed by atoms with Crippen LogP contribution in [0.15, 0.2) is 12.1 Å². The Bertz CT molecular complexity index is 733. The summed E-state index contributed by atoms with van der Waals surface area (Å²) in [4.78, 5) is 24.8. The van der Waals surface area contributed by atoms with E-state index < -0.39 is 17.7 Å². The molecule has 1 fully saturated rings. The van der Waals surface area contributed by atoms with Gasteiger partial charge < -0.3 is 0 Å². The van der Waals surface area contributed by atoms with Gasteiger partial charge in [0.25, 0.3) is 11.8 Å². The summed E-state index contributed by atoms with van der Waals surface area (Å²) < 4.78 is 0. The van der Waals surface area contributed by atoms with Crippen molar-refractivity contribution < 1.29 is 9.59 Å². The molecule has 112 valence electrons. The number of hydrazine groups is 1. The van der Waals surface area contributed by atoms with E-state index in [0.29, 0.717) is 5.56 Å². The number of nitrogens with zero attached hydrogens (tertiary/aromatic N) is 2. The van der Waals surface area contributed by atoms with Crippen molar-refractivity contribution in [3.8, 4) is 24.2 Å². The monoisotopic (exact) mass is 334 g/mol. The number of terminal acetylenes is 1. The number of halogens is 2. The smallest absolute Gasteiger partial charge is 0.259 e. The third kappa shape index (κ3) is 2.64. The highest BCUT2D eigenvalue weighted by Crippen LogP contribution is 2.38. The lowest BCUT2D eigenvalue weighted by Crippen LogP contribution is -2.37. The maximum Gasteiger partial charge on any atom is 0.259 e. The van der Waals surface area contributed by atoms with Gasteiger partial charge in [-0.15, -0.1) is 12.3 Å². The number of carbonyl (C=O) groups is 2. The van der Waals surface area contributed by atoms with Crippen LogP contribution in [0.4, 0.5) is 0 Å². The molecule has 0 N–H and O–H groups in total. The number of carbonyl (C=O) groups excluding carboxylic acids is 2. The van der Waals surface area contributed by atoms with Gasteiger partial charge in [-0.25, -0.2) is 5.01 Å². The number of amides is 2. The first kappa shape index (κ1) is 16.2. The third-order valence-corrected chi connectivity index (χ3v) is 3.93. The van der Waals surface area contributed by atoms with E-state index >= 15 is 0 Å². The largest absolute Gasteiger partial charge is 0.272 e. The van der Waals surface area contributed by atoms with E-state index in [0.717, 1.165) is 0 Å². The fourth-order valence-corrected chi connectivity index (χ4v) is 3.01. The minimum Gasteiger partial charge on any atom is -0.272 e. The zero-order valence-electron chi connectivity index (χ0n) is 12.0. The molecule has 0 aliphatic carbocycles. The molecule has 1 aromatic rings. The van der Waals surface area contributed by atoms with Crippen LogP contribution in [0, 0.1) is 24.2 Å². The molecule has 0 bridgehead atoms. The molecule has 1 saturated heterocycles. The fraction of sp³-hybridized carbons (Fsp3) is 0.250. The molecule has 6 heteroatoms. The first-order chi connectivity index (χ1) is 10.4. The van der Waals surface area contributed by atoms with Crippen LogP contribution in [0.25, 0.3) is 0 Å². The summed E-state index contributed by atoms with van der Waals surface area (Å²) in [6, 6.07) is 3.17. The lowest BCUT2D eigenvalue weighted by Gasteiger charge is -2.20. The Morgan fingerprint density at radius 3 is 2.32 bits per heavy atom. The van der Waals surface area contributed by atoms with E-state index in [9.17, 15) is 9.59 Å². The minimum atomic E-state index is -1.08. The predicted molar refractivity (Wildman–Crippen MR) is 85.1 cm³/mol. The van der Waals surface area contributed by atoms with Gasteiger partial charge in [-0.05, 0) is 19.1 Å². The van der Waals surface area contributed by atoms with Crippen molar-refractivity contribution in [2.45, 2.75) is 12.8 Å². The molecule has 0 aromatic heterocycles. The Morgan fingerprint density at radius 2 is 1.82 bits per heavy atom. The van der Waals surface area contributed by atoms with Crippen molar-refractivity contribution in [3.63, 3.8) is 0 Å². The lowest BCUT2D eigenvalue weighted by molar-refractivity contribution is -0.142. The summed E-state index contributed by atoms with van der Waals surface area (Å²) in [6.07, 6.45) is 5.23. The molecule has 1 unspecified atom stereocenters. The van der Waals surface area contributed by atoms with Crippen LogP contribution in [-0.2, 0) is 9.59 Å². The lowest BCUT2D eigenvalue weighted by atomic mass is 9.97. The normalized spacial score (nSPS) is 17.3. The van der Waals surface area contributed by atoms with E-state index in [1.165, 1.54) is 17.1 Å². The van der Waals surface area contributed by atoms with Crippen molar-refractivity contribution in [2.75, 3.05) is 13.6 Å². The Balaban J connectivity index is 2.52. The summed E-state index contributed by atoms with van der Waals surface area (Å²) in [7, 11) is 1.48. The number of hydrogen-bond donors (Lipinski definition) is 0. The van der Waals surface area contributed by atoms with Gasteiger partial charge in [0.05, 0.1) is 0 Å². The molecule has 0 spiro atoms. The van der Waals surface area contributed by atoms with Gasteiger partial charge >= 0.3 is 0 Å². The molecular weight excluding hydrogens is 323 g/mol. The molecule has 0 radical (unpaired) electrons. The quantitative estimate of drug-likeness (QED) is 0.615. The van der Waals surface area contributed by atoms with Crippen LogP contribution in [-0.4, -0.2) is 35.4 Å². The summed E-state index contributed by atoms with van der Waals surface area (Å²) in [5.74, 6) is 5.97. The maximum absolute atomic E-state index is 12.5. The van der Waals surface area contributed by atoms with Gasteiger partial charge in [-0.3, -0.25) is 14.6 Å². The average molecular weight is 335 g/mol. The second-order valence-corrected chi connectivity index (χ2v) is 5.44. The van der Waals surface area contributed by atoms with Crippen LogP contribution in [0.1, 0.15) is 24.0 Å². The van der Waals surface area contributed by atoms with Gasteiger partial charge in [-0.1, -0.05) is 35.0 Å². The third-order valence-electron chi connectivity index (χ3n) is 3.31. The van der Waals surface area contributed by atoms with E-state index in [4.69, 9.17) is 29.6 Å². The van der Waals surface area contributed by atoms with Crippen LogP contribution in [0.2, 0.25) is 10.0 Å². The van der Waals surface area contributed by atoms with E-state index in [2.05, 4.69) is 17.8 Å². The highest BCUT2D eigenvalue weighted by Gasteiger charge is 2.46. The fourth-order valence-electron chi connectivity index (χ4n) is 2.30. The van der Waals surface area contributed by atoms with Crippen molar-refractivity contribution in [1.82, 2.24) is 10.0 Å². The Hall–Kier alpha value is -2.14. The Morgan fingerprint density at radius 1 is 1.23 bits per heavy atom. The Kier molecular flexibility index (Phi) is 4.66. The molecule has 1 heterocycles. The first-order valence-electron chi connectivity index (χ1n) is 6.36. The Labute approximate surface area is 138 Å². The van der Waals surface area contributed by atoms with Crippen LogP contribution in [0.5, 0.6) is 0 Å². The number of benzene rings is 1. The predicted octanol–water partition coefficient (Wildman–Crippen LogP) is 2.30. The average Bonchev–Trinajstić information content (AvgIpc) is 2.65. The van der Waals surface area contributed by atoms with Crippen LogP contribution in [0.3, 0.4) is 0 Å². The molecule has 2 amide bonds. The molecular formula is C16H12Cl2N2O2. The van der Waals surface area contributed by atoms with Gasteiger partial charge in [0.2, 0.25) is 0 Å². The standard InChI is InChI=1S/C16H12Cl2N2O2/c1-4-6-10-8-11(17)13(12(18)9-10)14-15(21)19(3)20(7-5-2)16(14)22/h2,8-9,14H,7H2,1,3H3.